The molecule has 0 aliphatic carbocycles. The monoisotopic (exact) mass is 1060 g/mol. The number of rotatable bonds is 61. The van der Waals surface area contributed by atoms with Crippen LogP contribution in [0.25, 0.3) is 0 Å². The van der Waals surface area contributed by atoms with Crippen molar-refractivity contribution < 1.29 is 28.6 Å². The summed E-state index contributed by atoms with van der Waals surface area (Å²) in [4.78, 5) is 38.3. The number of carbonyl (C=O) groups excluding carboxylic acids is 3. The van der Waals surface area contributed by atoms with E-state index in [1.54, 1.807) is 0 Å². The van der Waals surface area contributed by atoms with Crippen molar-refractivity contribution in [2.24, 2.45) is 0 Å². The average molecular weight is 1060 g/mol. The van der Waals surface area contributed by atoms with Crippen molar-refractivity contribution in [2.75, 3.05) is 13.2 Å². The Hall–Kier alpha value is -2.89. The molecule has 0 heterocycles. The van der Waals surface area contributed by atoms with E-state index in [4.69, 9.17) is 14.2 Å². The number of allylic oxidation sites excluding steroid dienone is 10. The number of carbonyl (C=O) groups is 3. The molecule has 0 bridgehead atoms. The minimum absolute atomic E-state index is 0.0706. The third kappa shape index (κ3) is 62.0. The fourth-order valence-electron chi connectivity index (χ4n) is 9.79. The van der Waals surface area contributed by atoms with Gasteiger partial charge in [0.2, 0.25) is 0 Å². The Kier molecular flexibility index (Phi) is 62.2. The third-order valence-corrected chi connectivity index (χ3v) is 14.8. The molecule has 6 heteroatoms. The topological polar surface area (TPSA) is 78.9 Å². The summed E-state index contributed by atoms with van der Waals surface area (Å²) in [5, 5.41) is 0. The summed E-state index contributed by atoms with van der Waals surface area (Å²) in [7, 11) is 0. The first-order valence-electron chi connectivity index (χ1n) is 33.3. The largest absolute Gasteiger partial charge is 0.462 e. The van der Waals surface area contributed by atoms with Gasteiger partial charge in [0.05, 0.1) is 0 Å². The number of esters is 3. The summed E-state index contributed by atoms with van der Waals surface area (Å²) >= 11 is 0. The minimum Gasteiger partial charge on any atom is -0.462 e. The van der Waals surface area contributed by atoms with Gasteiger partial charge in [-0.2, -0.15) is 0 Å². The van der Waals surface area contributed by atoms with Crippen LogP contribution in [0.2, 0.25) is 0 Å². The lowest BCUT2D eigenvalue weighted by Crippen LogP contribution is -2.30. The van der Waals surface area contributed by atoms with Crippen molar-refractivity contribution in [3.8, 4) is 0 Å². The van der Waals surface area contributed by atoms with E-state index in [1.807, 2.05) is 0 Å². The quantitative estimate of drug-likeness (QED) is 0.0261. The van der Waals surface area contributed by atoms with Gasteiger partial charge in [0.25, 0.3) is 0 Å². The van der Waals surface area contributed by atoms with Gasteiger partial charge in [-0.1, -0.05) is 306 Å². The molecule has 442 valence electrons. The Bertz CT molecular complexity index is 1360. The van der Waals surface area contributed by atoms with Gasteiger partial charge in [-0.05, 0) is 83.5 Å². The third-order valence-electron chi connectivity index (χ3n) is 14.8. The molecule has 0 N–H and O–H groups in total. The van der Waals surface area contributed by atoms with E-state index in [2.05, 4.69) is 81.5 Å². The molecule has 0 aliphatic heterocycles. The highest BCUT2D eigenvalue weighted by molar-refractivity contribution is 5.71. The van der Waals surface area contributed by atoms with E-state index in [0.717, 1.165) is 83.5 Å². The van der Waals surface area contributed by atoms with Crippen LogP contribution in [0.1, 0.15) is 348 Å². The summed E-state index contributed by atoms with van der Waals surface area (Å²) in [6, 6.07) is 0. The average Bonchev–Trinajstić information content (AvgIpc) is 3.42. The Morgan fingerprint density at radius 3 is 0.816 bits per heavy atom. The maximum atomic E-state index is 12.9. The lowest BCUT2D eigenvalue weighted by Gasteiger charge is -2.18. The van der Waals surface area contributed by atoms with Gasteiger partial charge in [0.15, 0.2) is 6.10 Å². The first-order chi connectivity index (χ1) is 37.5. The Labute approximate surface area is 472 Å². The zero-order chi connectivity index (χ0) is 55.0. The molecule has 0 amide bonds. The van der Waals surface area contributed by atoms with Crippen LogP contribution < -0.4 is 0 Å². The molecule has 76 heavy (non-hydrogen) atoms. The van der Waals surface area contributed by atoms with Crippen molar-refractivity contribution in [3.05, 3.63) is 60.8 Å². The second-order valence-corrected chi connectivity index (χ2v) is 22.4. The molecule has 0 spiro atoms. The van der Waals surface area contributed by atoms with Gasteiger partial charge in [-0.15, -0.1) is 0 Å². The van der Waals surface area contributed by atoms with Crippen molar-refractivity contribution in [1.29, 1.82) is 0 Å². The molecule has 0 aromatic carbocycles. The van der Waals surface area contributed by atoms with E-state index in [0.29, 0.717) is 19.3 Å². The summed E-state index contributed by atoms with van der Waals surface area (Å²) in [6.07, 6.45) is 82.4. The van der Waals surface area contributed by atoms with Crippen molar-refractivity contribution in [3.63, 3.8) is 0 Å². The highest BCUT2D eigenvalue weighted by Crippen LogP contribution is 2.17. The van der Waals surface area contributed by atoms with Crippen LogP contribution >= 0.6 is 0 Å². The van der Waals surface area contributed by atoms with Gasteiger partial charge in [0.1, 0.15) is 13.2 Å². The van der Waals surface area contributed by atoms with Crippen LogP contribution in [0.4, 0.5) is 0 Å². The van der Waals surface area contributed by atoms with E-state index in [9.17, 15) is 14.4 Å². The van der Waals surface area contributed by atoms with Gasteiger partial charge < -0.3 is 14.2 Å². The zero-order valence-electron chi connectivity index (χ0n) is 50.8. The van der Waals surface area contributed by atoms with Gasteiger partial charge in [-0.25, -0.2) is 0 Å². The first-order valence-corrected chi connectivity index (χ1v) is 33.3. The van der Waals surface area contributed by atoms with E-state index in [-0.39, 0.29) is 31.1 Å². The molecule has 0 aromatic heterocycles. The molecule has 6 nitrogen and oxygen atoms in total. The van der Waals surface area contributed by atoms with Gasteiger partial charge in [-0.3, -0.25) is 14.4 Å². The van der Waals surface area contributed by atoms with E-state index >= 15 is 0 Å². The van der Waals surface area contributed by atoms with Crippen LogP contribution in [0.15, 0.2) is 60.8 Å². The summed E-state index contributed by atoms with van der Waals surface area (Å²) in [6.45, 7) is 6.56. The number of unbranched alkanes of at least 4 members (excludes halogenated alkanes) is 40. The molecule has 0 rings (SSSR count). The molecule has 0 saturated heterocycles. The van der Waals surface area contributed by atoms with Gasteiger partial charge in [0, 0.05) is 19.3 Å². The summed E-state index contributed by atoms with van der Waals surface area (Å²) in [5.41, 5.74) is 0. The Morgan fingerprint density at radius 2 is 0.513 bits per heavy atom. The van der Waals surface area contributed by atoms with Crippen molar-refractivity contribution in [1.82, 2.24) is 0 Å². The van der Waals surface area contributed by atoms with Crippen LogP contribution in [0, 0.1) is 0 Å². The normalized spacial score (nSPS) is 12.4. The minimum atomic E-state index is -0.773. The SMILES string of the molecule is CC/C=C\C/C=C\C/C=C\C/C=C\CCCCCCCCCCCCCCCCCCC(=O)OCC(COC(=O)CCCCCCCCCCCCC)OC(=O)CCCCCCCCC/C=C\CCCCCCCCC. The molecular weight excluding hydrogens is 937 g/mol. The highest BCUT2D eigenvalue weighted by Gasteiger charge is 2.19. The molecule has 0 fully saturated rings. The lowest BCUT2D eigenvalue weighted by atomic mass is 10.0. The summed E-state index contributed by atoms with van der Waals surface area (Å²) < 4.78 is 16.9. The van der Waals surface area contributed by atoms with Crippen LogP contribution in [0.5, 0.6) is 0 Å². The van der Waals surface area contributed by atoms with E-state index in [1.165, 1.54) is 225 Å². The molecule has 0 saturated carbocycles. The van der Waals surface area contributed by atoms with Gasteiger partial charge >= 0.3 is 17.9 Å². The number of hydrogen-bond acceptors (Lipinski definition) is 6. The predicted octanol–water partition coefficient (Wildman–Crippen LogP) is 22.7. The predicted molar refractivity (Wildman–Crippen MR) is 330 cm³/mol. The second-order valence-electron chi connectivity index (χ2n) is 22.4. The highest BCUT2D eigenvalue weighted by atomic mass is 16.6. The second kappa shape index (κ2) is 64.6. The maximum absolute atomic E-state index is 12.9. The Morgan fingerprint density at radius 1 is 0.276 bits per heavy atom. The number of ether oxygens (including phenoxy) is 3. The lowest BCUT2D eigenvalue weighted by molar-refractivity contribution is -0.167. The smallest absolute Gasteiger partial charge is 0.306 e. The Balaban J connectivity index is 4.17. The first kappa shape index (κ1) is 73.1. The maximum Gasteiger partial charge on any atom is 0.306 e. The van der Waals surface area contributed by atoms with E-state index < -0.39 is 6.10 Å². The summed E-state index contributed by atoms with van der Waals surface area (Å²) in [5.74, 6) is -0.855. The van der Waals surface area contributed by atoms with Crippen LogP contribution in [-0.4, -0.2) is 37.2 Å². The number of hydrogen-bond donors (Lipinski definition) is 0. The van der Waals surface area contributed by atoms with Crippen LogP contribution in [-0.2, 0) is 28.6 Å². The fourth-order valence-corrected chi connectivity index (χ4v) is 9.79. The molecule has 0 radical (unpaired) electrons. The molecule has 1 atom stereocenters. The van der Waals surface area contributed by atoms with Crippen molar-refractivity contribution in [2.45, 2.75) is 354 Å². The zero-order valence-corrected chi connectivity index (χ0v) is 50.8. The molecule has 1 unspecified atom stereocenters. The molecule has 0 aliphatic rings. The fraction of sp³-hybridized carbons (Fsp3) is 0.814. The molecule has 0 aromatic rings. The molecular formula is C70H126O6. The van der Waals surface area contributed by atoms with Crippen molar-refractivity contribution >= 4 is 17.9 Å². The van der Waals surface area contributed by atoms with Crippen LogP contribution in [0.3, 0.4) is 0 Å². The standard InChI is InChI=1S/C70H126O6/c1-4-7-10-13-16-19-22-24-26-28-30-31-32-33-34-35-36-37-38-39-40-42-43-45-48-51-54-57-60-63-69(72)75-66-67(65-74-68(71)62-59-56-53-50-47-21-18-15-12-9-6-3)76-70(73)64-61-58-55-52-49-46-44-41-29-27-25-23-20-17-14-11-8-5-2/h7,10,16,19,24,26-27,29-31,67H,4-6,8-9,11-15,17-18,20-23,25,28,32-66H2,1-3H3/b10-7-,19-16-,26-24-,29-27-,31-30-.